The zero-order chi connectivity index (χ0) is 12.8. The second-order valence-corrected chi connectivity index (χ2v) is 3.45. The fourth-order valence-corrected chi connectivity index (χ4v) is 1.42. The van der Waals surface area contributed by atoms with Crippen molar-refractivity contribution in [2.45, 2.75) is 12.5 Å². The van der Waals surface area contributed by atoms with Crippen molar-refractivity contribution in [3.8, 4) is 23.8 Å². The van der Waals surface area contributed by atoms with Gasteiger partial charge in [-0.15, -0.1) is 12.3 Å². The summed E-state index contributed by atoms with van der Waals surface area (Å²) < 4.78 is 10.2. The summed E-state index contributed by atoms with van der Waals surface area (Å²) in [6, 6.07) is 4.23. The number of terminal acetylenes is 1. The smallest absolute Gasteiger partial charge is 0.184 e. The van der Waals surface area contributed by atoms with Gasteiger partial charge in [-0.25, -0.2) is 0 Å². The lowest BCUT2D eigenvalue weighted by Gasteiger charge is -2.12. The van der Waals surface area contributed by atoms with E-state index in [9.17, 15) is 4.79 Å². The first kappa shape index (κ1) is 13.1. The van der Waals surface area contributed by atoms with Crippen molar-refractivity contribution in [2.75, 3.05) is 14.2 Å². The topological polar surface area (TPSA) is 61.6 Å². The Balaban J connectivity index is 3.05. The van der Waals surface area contributed by atoms with Gasteiger partial charge in [-0.2, -0.15) is 0 Å². The molecule has 0 fully saturated rings. The maximum atomic E-state index is 12.0. The zero-order valence-corrected chi connectivity index (χ0v) is 9.90. The third-order valence-corrected chi connectivity index (χ3v) is 2.35. The van der Waals surface area contributed by atoms with Crippen molar-refractivity contribution in [3.63, 3.8) is 0 Å². The van der Waals surface area contributed by atoms with Gasteiger partial charge in [0.15, 0.2) is 5.78 Å². The third kappa shape index (κ3) is 2.99. The Hall–Kier alpha value is -1.99. The second-order valence-electron chi connectivity index (χ2n) is 3.45. The summed E-state index contributed by atoms with van der Waals surface area (Å²) in [4.78, 5) is 12.0. The van der Waals surface area contributed by atoms with Crippen LogP contribution in [-0.2, 0) is 0 Å². The molecule has 0 aliphatic rings. The number of hydrogen-bond acceptors (Lipinski definition) is 4. The van der Waals surface area contributed by atoms with Gasteiger partial charge in [0, 0.05) is 12.5 Å². The van der Waals surface area contributed by atoms with E-state index in [-0.39, 0.29) is 12.2 Å². The van der Waals surface area contributed by atoms with E-state index in [0.717, 1.165) is 0 Å². The summed E-state index contributed by atoms with van der Waals surface area (Å²) in [6.07, 6.45) is 5.33. The number of ether oxygens (including phenoxy) is 2. The normalized spacial score (nSPS) is 11.4. The van der Waals surface area contributed by atoms with Gasteiger partial charge in [0.2, 0.25) is 0 Å². The molecule has 90 valence electrons. The van der Waals surface area contributed by atoms with Gasteiger partial charge in [0.1, 0.15) is 11.5 Å². The van der Waals surface area contributed by atoms with E-state index < -0.39 is 6.04 Å². The number of methoxy groups -OCH3 is 2. The van der Waals surface area contributed by atoms with Crippen LogP contribution in [0.4, 0.5) is 0 Å². The molecule has 0 heterocycles. The molecule has 4 heteroatoms. The minimum Gasteiger partial charge on any atom is -0.497 e. The highest BCUT2D eigenvalue weighted by Crippen LogP contribution is 2.25. The second kappa shape index (κ2) is 5.92. The molecule has 1 aromatic carbocycles. The monoisotopic (exact) mass is 233 g/mol. The molecule has 0 bridgehead atoms. The predicted octanol–water partition coefficient (Wildman–Crippen LogP) is 1.24. The van der Waals surface area contributed by atoms with Gasteiger partial charge in [0.25, 0.3) is 0 Å². The Morgan fingerprint density at radius 3 is 2.71 bits per heavy atom. The summed E-state index contributed by atoms with van der Waals surface area (Å²) in [7, 11) is 3.03. The van der Waals surface area contributed by atoms with Crippen LogP contribution in [0.1, 0.15) is 16.8 Å². The molecule has 1 rings (SSSR count). The summed E-state index contributed by atoms with van der Waals surface area (Å²) in [5.41, 5.74) is 6.09. The van der Waals surface area contributed by atoms with Crippen LogP contribution in [0.3, 0.4) is 0 Å². The van der Waals surface area contributed by atoms with Crippen LogP contribution in [-0.4, -0.2) is 26.0 Å². The number of nitrogens with two attached hydrogens (primary N) is 1. The fraction of sp³-hybridized carbons (Fsp3) is 0.308. The van der Waals surface area contributed by atoms with Gasteiger partial charge in [0.05, 0.1) is 25.8 Å². The number of rotatable bonds is 5. The van der Waals surface area contributed by atoms with E-state index >= 15 is 0 Å². The molecule has 4 nitrogen and oxygen atoms in total. The Labute approximate surface area is 101 Å². The summed E-state index contributed by atoms with van der Waals surface area (Å²) in [5, 5.41) is 0. The van der Waals surface area contributed by atoms with Crippen LogP contribution >= 0.6 is 0 Å². The van der Waals surface area contributed by atoms with Crippen LogP contribution in [0.25, 0.3) is 0 Å². The lowest BCUT2D eigenvalue weighted by Crippen LogP contribution is -2.30. The number of carbonyl (C=O) groups is 1. The van der Waals surface area contributed by atoms with E-state index in [1.807, 2.05) is 0 Å². The minimum absolute atomic E-state index is 0.202. The molecule has 0 amide bonds. The minimum atomic E-state index is -0.706. The predicted molar refractivity (Wildman–Crippen MR) is 65.3 cm³/mol. The maximum Gasteiger partial charge on any atom is 0.184 e. The van der Waals surface area contributed by atoms with Crippen molar-refractivity contribution in [2.24, 2.45) is 5.73 Å². The molecule has 2 N–H and O–H groups in total. The highest BCUT2D eigenvalue weighted by atomic mass is 16.5. The SMILES string of the molecule is C#CCC(N)C(=O)c1ccc(OC)cc1OC. The van der Waals surface area contributed by atoms with Crippen molar-refractivity contribution < 1.29 is 14.3 Å². The quantitative estimate of drug-likeness (QED) is 0.614. The van der Waals surface area contributed by atoms with Gasteiger partial charge < -0.3 is 15.2 Å². The van der Waals surface area contributed by atoms with Crippen LogP contribution in [0.5, 0.6) is 11.5 Å². The molecule has 0 aliphatic heterocycles. The zero-order valence-electron chi connectivity index (χ0n) is 9.90. The summed E-state index contributed by atoms with van der Waals surface area (Å²) in [6.45, 7) is 0. The van der Waals surface area contributed by atoms with Crippen LogP contribution < -0.4 is 15.2 Å². The molecule has 0 saturated carbocycles. The van der Waals surface area contributed by atoms with Gasteiger partial charge in [-0.1, -0.05) is 0 Å². The number of Topliss-reactive ketones (excluding diaryl/α,β-unsaturated/α-hetero) is 1. The van der Waals surface area contributed by atoms with Crippen molar-refractivity contribution in [1.29, 1.82) is 0 Å². The first-order valence-electron chi connectivity index (χ1n) is 5.09. The molecular weight excluding hydrogens is 218 g/mol. The Morgan fingerprint density at radius 1 is 1.47 bits per heavy atom. The van der Waals surface area contributed by atoms with E-state index in [4.69, 9.17) is 21.6 Å². The van der Waals surface area contributed by atoms with Gasteiger partial charge >= 0.3 is 0 Å². The van der Waals surface area contributed by atoms with Gasteiger partial charge in [-0.05, 0) is 12.1 Å². The Bertz CT molecular complexity index is 448. The first-order valence-corrected chi connectivity index (χ1v) is 5.09. The molecule has 0 spiro atoms. The lowest BCUT2D eigenvalue weighted by atomic mass is 10.0. The highest BCUT2D eigenvalue weighted by Gasteiger charge is 2.19. The number of hydrogen-bond donors (Lipinski definition) is 1. The molecule has 0 saturated heterocycles. The highest BCUT2D eigenvalue weighted by molar-refractivity contribution is 6.02. The standard InChI is InChI=1S/C13H15NO3/c1-4-5-11(14)13(15)10-7-6-9(16-2)8-12(10)17-3/h1,6-8,11H,5,14H2,2-3H3. The Morgan fingerprint density at radius 2 is 2.18 bits per heavy atom. The molecule has 1 atom stereocenters. The Kier molecular flexibility index (Phi) is 4.56. The largest absolute Gasteiger partial charge is 0.497 e. The van der Waals surface area contributed by atoms with Crippen molar-refractivity contribution in [3.05, 3.63) is 23.8 Å². The van der Waals surface area contributed by atoms with Gasteiger partial charge in [-0.3, -0.25) is 4.79 Å². The fourth-order valence-electron chi connectivity index (χ4n) is 1.42. The average molecular weight is 233 g/mol. The molecule has 1 aromatic rings. The van der Waals surface area contributed by atoms with Crippen molar-refractivity contribution >= 4 is 5.78 Å². The number of benzene rings is 1. The molecule has 0 radical (unpaired) electrons. The van der Waals surface area contributed by atoms with E-state index in [1.165, 1.54) is 7.11 Å². The molecule has 0 aromatic heterocycles. The summed E-state index contributed by atoms with van der Waals surface area (Å²) in [5.74, 6) is 3.18. The summed E-state index contributed by atoms with van der Waals surface area (Å²) >= 11 is 0. The maximum absolute atomic E-state index is 12.0. The average Bonchev–Trinajstić information content (AvgIpc) is 2.37. The van der Waals surface area contributed by atoms with E-state index in [2.05, 4.69) is 5.92 Å². The number of ketones is 1. The number of carbonyl (C=O) groups excluding carboxylic acids is 1. The van der Waals surface area contributed by atoms with E-state index in [0.29, 0.717) is 17.1 Å². The van der Waals surface area contributed by atoms with Crippen molar-refractivity contribution in [1.82, 2.24) is 0 Å². The van der Waals surface area contributed by atoms with Crippen LogP contribution in [0.15, 0.2) is 18.2 Å². The molecular formula is C13H15NO3. The first-order chi connectivity index (χ1) is 8.13. The van der Waals surface area contributed by atoms with Crippen LogP contribution in [0, 0.1) is 12.3 Å². The molecule has 1 unspecified atom stereocenters. The van der Waals surface area contributed by atoms with Crippen LogP contribution in [0.2, 0.25) is 0 Å². The third-order valence-electron chi connectivity index (χ3n) is 2.35. The molecule has 17 heavy (non-hydrogen) atoms. The molecule has 0 aliphatic carbocycles. The lowest BCUT2D eigenvalue weighted by molar-refractivity contribution is 0.0960. The van der Waals surface area contributed by atoms with E-state index in [1.54, 1.807) is 25.3 Å².